The van der Waals surface area contributed by atoms with Crippen molar-refractivity contribution in [2.45, 2.75) is 40.5 Å². The van der Waals surface area contributed by atoms with Gasteiger partial charge in [-0.05, 0) is 38.0 Å². The normalized spacial score (nSPS) is 14.7. The molecule has 0 aromatic heterocycles. The third-order valence-electron chi connectivity index (χ3n) is 4.85. The fourth-order valence-electron chi connectivity index (χ4n) is 3.25. The zero-order chi connectivity index (χ0) is 22.3. The smallest absolute Gasteiger partial charge is 0.309 e. The topological polar surface area (TPSA) is 105 Å². The maximum Gasteiger partial charge on any atom is 0.309 e. The summed E-state index contributed by atoms with van der Waals surface area (Å²) in [5, 5.41) is 5.32. The number of carbonyl (C=O) groups is 4. The number of benzene rings is 1. The number of amides is 3. The van der Waals surface area contributed by atoms with Gasteiger partial charge in [0.15, 0.2) is 6.61 Å². The molecule has 0 aliphatic carbocycles. The standard InChI is InChI=1S/C22H31N3O5/c1-5-23-19(27)16-7-6-8-17(13-16)24-18(26)14-30-20(28)15-9-11-25(12-10-15)21(29)22(2,3)4/h6-8,13,15H,5,9-12,14H2,1-4H3,(H,23,27)(H,24,26). The molecular weight excluding hydrogens is 386 g/mol. The summed E-state index contributed by atoms with van der Waals surface area (Å²) in [6.07, 6.45) is 1.05. The fraction of sp³-hybridized carbons (Fsp3) is 0.545. The van der Waals surface area contributed by atoms with Crippen molar-refractivity contribution < 1.29 is 23.9 Å². The summed E-state index contributed by atoms with van der Waals surface area (Å²) in [7, 11) is 0. The molecule has 8 nitrogen and oxygen atoms in total. The van der Waals surface area contributed by atoms with Crippen molar-refractivity contribution >= 4 is 29.4 Å². The molecule has 0 atom stereocenters. The summed E-state index contributed by atoms with van der Waals surface area (Å²) in [4.78, 5) is 50.4. The molecule has 30 heavy (non-hydrogen) atoms. The number of rotatable bonds is 6. The molecule has 1 aromatic rings. The highest BCUT2D eigenvalue weighted by atomic mass is 16.5. The van der Waals surface area contributed by atoms with Gasteiger partial charge in [0.1, 0.15) is 0 Å². The van der Waals surface area contributed by atoms with Crippen molar-refractivity contribution in [1.82, 2.24) is 10.2 Å². The number of likely N-dealkylation sites (tertiary alicyclic amines) is 1. The van der Waals surface area contributed by atoms with Crippen molar-refractivity contribution in [2.24, 2.45) is 11.3 Å². The first-order valence-corrected chi connectivity index (χ1v) is 10.3. The van der Waals surface area contributed by atoms with Gasteiger partial charge in [-0.3, -0.25) is 19.2 Å². The van der Waals surface area contributed by atoms with Gasteiger partial charge in [0.05, 0.1) is 5.92 Å². The summed E-state index contributed by atoms with van der Waals surface area (Å²) < 4.78 is 5.16. The predicted octanol–water partition coefficient (Wildman–Crippen LogP) is 2.20. The Hall–Kier alpha value is -2.90. The second-order valence-electron chi connectivity index (χ2n) is 8.41. The van der Waals surface area contributed by atoms with Gasteiger partial charge in [-0.2, -0.15) is 0 Å². The minimum absolute atomic E-state index is 0.0727. The number of hydrogen-bond acceptors (Lipinski definition) is 5. The third-order valence-corrected chi connectivity index (χ3v) is 4.85. The van der Waals surface area contributed by atoms with Gasteiger partial charge in [0.25, 0.3) is 11.8 Å². The Morgan fingerprint density at radius 2 is 1.80 bits per heavy atom. The highest BCUT2D eigenvalue weighted by Gasteiger charge is 2.33. The molecule has 1 aromatic carbocycles. The maximum absolute atomic E-state index is 12.3. The number of hydrogen-bond donors (Lipinski definition) is 2. The average molecular weight is 418 g/mol. The van der Waals surface area contributed by atoms with E-state index in [1.54, 1.807) is 29.2 Å². The monoisotopic (exact) mass is 417 g/mol. The molecule has 0 saturated carbocycles. The van der Waals surface area contributed by atoms with E-state index >= 15 is 0 Å². The zero-order valence-corrected chi connectivity index (χ0v) is 18.1. The third kappa shape index (κ3) is 6.57. The predicted molar refractivity (Wildman–Crippen MR) is 113 cm³/mol. The van der Waals surface area contributed by atoms with Gasteiger partial charge >= 0.3 is 5.97 Å². The number of ether oxygens (including phenoxy) is 1. The lowest BCUT2D eigenvalue weighted by Gasteiger charge is -2.34. The number of nitrogens with one attached hydrogen (secondary N) is 2. The highest BCUT2D eigenvalue weighted by molar-refractivity contribution is 5.97. The van der Waals surface area contributed by atoms with Crippen LogP contribution in [0.25, 0.3) is 0 Å². The lowest BCUT2D eigenvalue weighted by molar-refractivity contribution is -0.155. The van der Waals surface area contributed by atoms with Crippen molar-refractivity contribution in [1.29, 1.82) is 0 Å². The molecule has 0 bridgehead atoms. The van der Waals surface area contributed by atoms with E-state index in [0.717, 1.165) is 0 Å². The van der Waals surface area contributed by atoms with Crippen LogP contribution in [0.1, 0.15) is 50.9 Å². The maximum atomic E-state index is 12.3. The Labute approximate surface area is 177 Å². The van der Waals surface area contributed by atoms with Crippen LogP contribution >= 0.6 is 0 Å². The zero-order valence-electron chi connectivity index (χ0n) is 18.1. The molecule has 3 amide bonds. The number of nitrogens with zero attached hydrogens (tertiary/aromatic N) is 1. The van der Waals surface area contributed by atoms with E-state index in [4.69, 9.17) is 4.74 Å². The number of piperidine rings is 1. The van der Waals surface area contributed by atoms with Gasteiger partial charge in [-0.1, -0.05) is 26.8 Å². The van der Waals surface area contributed by atoms with Gasteiger partial charge in [-0.15, -0.1) is 0 Å². The van der Waals surface area contributed by atoms with E-state index in [1.807, 2.05) is 27.7 Å². The molecule has 1 aliphatic rings. The molecule has 0 unspecified atom stereocenters. The van der Waals surface area contributed by atoms with Crippen LogP contribution in [-0.4, -0.2) is 54.8 Å². The average Bonchev–Trinajstić information content (AvgIpc) is 2.71. The van der Waals surface area contributed by atoms with Crippen LogP contribution in [0, 0.1) is 11.3 Å². The van der Waals surface area contributed by atoms with Crippen molar-refractivity contribution in [3.05, 3.63) is 29.8 Å². The Morgan fingerprint density at radius 1 is 1.13 bits per heavy atom. The SMILES string of the molecule is CCNC(=O)c1cccc(NC(=O)COC(=O)C2CCN(C(=O)C(C)(C)C)CC2)c1. The van der Waals surface area contributed by atoms with Crippen molar-refractivity contribution in [3.8, 4) is 0 Å². The second kappa shape index (κ2) is 10.2. The van der Waals surface area contributed by atoms with E-state index in [9.17, 15) is 19.2 Å². The molecule has 8 heteroatoms. The van der Waals surface area contributed by atoms with Crippen LogP contribution in [0.5, 0.6) is 0 Å². The summed E-state index contributed by atoms with van der Waals surface area (Å²) >= 11 is 0. The first-order valence-electron chi connectivity index (χ1n) is 10.3. The molecule has 1 fully saturated rings. The highest BCUT2D eigenvalue weighted by Crippen LogP contribution is 2.24. The minimum Gasteiger partial charge on any atom is -0.455 e. The summed E-state index contributed by atoms with van der Waals surface area (Å²) in [5.41, 5.74) is 0.442. The van der Waals surface area contributed by atoms with E-state index in [-0.39, 0.29) is 17.7 Å². The molecule has 164 valence electrons. The molecule has 0 radical (unpaired) electrons. The van der Waals surface area contributed by atoms with Gasteiger partial charge < -0.3 is 20.3 Å². The number of anilines is 1. The molecule has 0 spiro atoms. The number of esters is 1. The van der Waals surface area contributed by atoms with E-state index in [1.165, 1.54) is 0 Å². The van der Waals surface area contributed by atoms with Crippen LogP contribution in [0.4, 0.5) is 5.69 Å². The Morgan fingerprint density at radius 3 is 2.40 bits per heavy atom. The van der Waals surface area contributed by atoms with Crippen molar-refractivity contribution in [3.63, 3.8) is 0 Å². The van der Waals surface area contributed by atoms with Gasteiger partial charge in [0, 0.05) is 36.3 Å². The Balaban J connectivity index is 1.79. The van der Waals surface area contributed by atoms with E-state index in [2.05, 4.69) is 10.6 Å². The summed E-state index contributed by atoms with van der Waals surface area (Å²) in [6, 6.07) is 6.54. The van der Waals surface area contributed by atoms with E-state index in [0.29, 0.717) is 43.7 Å². The minimum atomic E-state index is -0.475. The quantitative estimate of drug-likeness (QED) is 0.691. The second-order valence-corrected chi connectivity index (χ2v) is 8.41. The lowest BCUT2D eigenvalue weighted by Crippen LogP contribution is -2.45. The van der Waals surface area contributed by atoms with Crippen LogP contribution in [0.15, 0.2) is 24.3 Å². The van der Waals surface area contributed by atoms with Crippen molar-refractivity contribution in [2.75, 3.05) is 31.6 Å². The first-order chi connectivity index (χ1) is 14.1. The summed E-state index contributed by atoms with van der Waals surface area (Å²) in [5.74, 6) is -1.37. The largest absolute Gasteiger partial charge is 0.455 e. The van der Waals surface area contributed by atoms with Crippen LogP contribution < -0.4 is 10.6 Å². The van der Waals surface area contributed by atoms with Crippen LogP contribution in [0.3, 0.4) is 0 Å². The summed E-state index contributed by atoms with van der Waals surface area (Å²) in [6.45, 7) is 8.58. The first kappa shape index (κ1) is 23.4. The van der Waals surface area contributed by atoms with Crippen LogP contribution in [0.2, 0.25) is 0 Å². The molecule has 1 heterocycles. The molecule has 2 rings (SSSR count). The Bertz CT molecular complexity index is 792. The Kier molecular flexibility index (Phi) is 7.97. The molecule has 1 aliphatic heterocycles. The molecular formula is C22H31N3O5. The van der Waals surface area contributed by atoms with Gasteiger partial charge in [0.2, 0.25) is 5.91 Å². The fourth-order valence-corrected chi connectivity index (χ4v) is 3.25. The van der Waals surface area contributed by atoms with Crippen LogP contribution in [-0.2, 0) is 19.1 Å². The molecule has 2 N–H and O–H groups in total. The van der Waals surface area contributed by atoms with E-state index < -0.39 is 23.9 Å². The molecule has 1 saturated heterocycles. The lowest BCUT2D eigenvalue weighted by atomic mass is 9.91. The van der Waals surface area contributed by atoms with Gasteiger partial charge in [-0.25, -0.2) is 0 Å². The number of carbonyl (C=O) groups excluding carboxylic acids is 4.